The number of hydrogen-bond acceptors (Lipinski definition) is 3. The topological polar surface area (TPSA) is 32.3 Å². The molecule has 0 aliphatic heterocycles. The zero-order valence-corrected chi connectivity index (χ0v) is 12.0. The molecule has 1 heterocycles. The summed E-state index contributed by atoms with van der Waals surface area (Å²) in [6.45, 7) is 7.77. The first-order valence-corrected chi connectivity index (χ1v) is 7.33. The second-order valence-corrected chi connectivity index (χ2v) is 6.40. The lowest BCUT2D eigenvalue weighted by atomic mass is 9.89. The first-order chi connectivity index (χ1) is 8.03. The first-order valence-electron chi connectivity index (χ1n) is 6.39. The van der Waals surface area contributed by atoms with Gasteiger partial charge in [0.1, 0.15) is 0 Å². The van der Waals surface area contributed by atoms with Crippen LogP contribution in [0.5, 0.6) is 0 Å². The second kappa shape index (κ2) is 7.14. The molecule has 1 aromatic rings. The molecule has 0 spiro atoms. The molecule has 2 N–H and O–H groups in total. The molecule has 0 saturated heterocycles. The maximum absolute atomic E-state index is 9.15. The molecular weight excluding hydrogens is 230 g/mol. The Balaban J connectivity index is 2.10. The average molecular weight is 255 g/mol. The van der Waals surface area contributed by atoms with Gasteiger partial charge < -0.3 is 10.4 Å². The van der Waals surface area contributed by atoms with Gasteiger partial charge in [-0.15, -0.1) is 0 Å². The number of nitrogens with one attached hydrogen (secondary N) is 1. The van der Waals surface area contributed by atoms with Crippen LogP contribution in [0.25, 0.3) is 0 Å². The summed E-state index contributed by atoms with van der Waals surface area (Å²) < 4.78 is 0. The molecular formula is C14H25NOS. The minimum Gasteiger partial charge on any atom is -0.396 e. The lowest BCUT2D eigenvalue weighted by molar-refractivity contribution is 0.147. The number of rotatable bonds is 8. The fourth-order valence-corrected chi connectivity index (χ4v) is 2.51. The van der Waals surface area contributed by atoms with Crippen LogP contribution < -0.4 is 5.32 Å². The van der Waals surface area contributed by atoms with Crippen molar-refractivity contribution < 1.29 is 5.11 Å². The van der Waals surface area contributed by atoms with Crippen molar-refractivity contribution in [3.63, 3.8) is 0 Å². The number of aliphatic hydroxyl groups is 1. The van der Waals surface area contributed by atoms with Crippen LogP contribution in [0, 0.1) is 5.41 Å². The van der Waals surface area contributed by atoms with E-state index in [0.717, 1.165) is 25.8 Å². The summed E-state index contributed by atoms with van der Waals surface area (Å²) in [6, 6.07) is 2.72. The molecule has 0 aliphatic rings. The van der Waals surface area contributed by atoms with Gasteiger partial charge in [-0.2, -0.15) is 11.3 Å². The van der Waals surface area contributed by atoms with E-state index >= 15 is 0 Å². The molecule has 0 amide bonds. The highest BCUT2D eigenvalue weighted by molar-refractivity contribution is 7.07. The molecule has 2 nitrogen and oxygen atoms in total. The highest BCUT2D eigenvalue weighted by Gasteiger charge is 2.15. The first kappa shape index (κ1) is 14.7. The van der Waals surface area contributed by atoms with Crippen molar-refractivity contribution >= 4 is 11.3 Å². The second-order valence-electron chi connectivity index (χ2n) is 5.62. The quantitative estimate of drug-likeness (QED) is 0.700. The van der Waals surface area contributed by atoms with E-state index in [1.807, 2.05) is 0 Å². The third kappa shape index (κ3) is 6.20. The largest absolute Gasteiger partial charge is 0.396 e. The van der Waals surface area contributed by atoms with Gasteiger partial charge in [-0.3, -0.25) is 0 Å². The Kier molecular flexibility index (Phi) is 6.17. The Morgan fingerprint density at radius 2 is 2.24 bits per heavy atom. The van der Waals surface area contributed by atoms with Crippen molar-refractivity contribution in [2.45, 2.75) is 46.1 Å². The number of thiophene rings is 1. The molecule has 0 bridgehead atoms. The van der Waals surface area contributed by atoms with E-state index in [9.17, 15) is 0 Å². The molecule has 0 radical (unpaired) electrons. The van der Waals surface area contributed by atoms with Crippen molar-refractivity contribution in [3.8, 4) is 0 Å². The third-order valence-electron chi connectivity index (χ3n) is 3.07. The van der Waals surface area contributed by atoms with Gasteiger partial charge in [0.25, 0.3) is 0 Å². The molecule has 1 atom stereocenters. The van der Waals surface area contributed by atoms with E-state index in [2.05, 4.69) is 42.9 Å². The highest BCUT2D eigenvalue weighted by Crippen LogP contribution is 2.20. The molecule has 1 aromatic heterocycles. The maximum Gasteiger partial charge on any atom is 0.0482 e. The van der Waals surface area contributed by atoms with Crippen LogP contribution in [0.15, 0.2) is 16.8 Å². The summed E-state index contributed by atoms with van der Waals surface area (Å²) in [5.41, 5.74) is 1.49. The van der Waals surface area contributed by atoms with Gasteiger partial charge in [0.15, 0.2) is 0 Å². The lowest BCUT2D eigenvalue weighted by Gasteiger charge is -2.22. The van der Waals surface area contributed by atoms with Crippen LogP contribution in [-0.4, -0.2) is 24.3 Å². The van der Waals surface area contributed by atoms with Gasteiger partial charge in [-0.05, 0) is 60.5 Å². The zero-order valence-electron chi connectivity index (χ0n) is 11.2. The predicted molar refractivity (Wildman–Crippen MR) is 75.6 cm³/mol. The molecule has 17 heavy (non-hydrogen) atoms. The minimum absolute atomic E-state index is 0.0677. The predicted octanol–water partition coefficient (Wildman–Crippen LogP) is 3.07. The molecule has 98 valence electrons. The Hall–Kier alpha value is -0.380. The van der Waals surface area contributed by atoms with Gasteiger partial charge in [0.2, 0.25) is 0 Å². The van der Waals surface area contributed by atoms with Gasteiger partial charge in [0.05, 0.1) is 0 Å². The molecule has 0 saturated carbocycles. The van der Waals surface area contributed by atoms with Crippen molar-refractivity contribution in [1.29, 1.82) is 0 Å². The monoisotopic (exact) mass is 255 g/mol. The van der Waals surface area contributed by atoms with Crippen LogP contribution in [0.1, 0.15) is 39.2 Å². The van der Waals surface area contributed by atoms with E-state index < -0.39 is 0 Å². The van der Waals surface area contributed by atoms with E-state index in [0.29, 0.717) is 6.04 Å². The van der Waals surface area contributed by atoms with Crippen molar-refractivity contribution in [2.75, 3.05) is 13.2 Å². The van der Waals surface area contributed by atoms with Crippen LogP contribution in [0.3, 0.4) is 0 Å². The van der Waals surface area contributed by atoms with Crippen LogP contribution in [-0.2, 0) is 6.42 Å². The zero-order chi connectivity index (χ0) is 12.7. The summed E-state index contributed by atoms with van der Waals surface area (Å²) in [5.74, 6) is 0. The Morgan fingerprint density at radius 3 is 2.82 bits per heavy atom. The average Bonchev–Trinajstić information content (AvgIpc) is 2.77. The summed E-state index contributed by atoms with van der Waals surface area (Å²) >= 11 is 1.76. The maximum atomic E-state index is 9.15. The number of hydrogen-bond donors (Lipinski definition) is 2. The Bertz CT molecular complexity index is 295. The van der Waals surface area contributed by atoms with Gasteiger partial charge in [-0.25, -0.2) is 0 Å². The van der Waals surface area contributed by atoms with E-state index in [-0.39, 0.29) is 12.0 Å². The Morgan fingerprint density at radius 1 is 1.47 bits per heavy atom. The van der Waals surface area contributed by atoms with Crippen LogP contribution >= 0.6 is 11.3 Å². The summed E-state index contributed by atoms with van der Waals surface area (Å²) in [5, 5.41) is 17.0. The fraction of sp³-hybridized carbons (Fsp3) is 0.714. The minimum atomic E-state index is 0.0677. The summed E-state index contributed by atoms with van der Waals surface area (Å²) in [6.07, 6.45) is 3.30. The number of aliphatic hydroxyl groups excluding tert-OH is 1. The SMILES string of the molecule is CC(Cc1ccsc1)NCCCC(C)(C)CO. The van der Waals surface area contributed by atoms with Gasteiger partial charge in [0, 0.05) is 12.6 Å². The Labute approximate surface area is 109 Å². The lowest BCUT2D eigenvalue weighted by Crippen LogP contribution is -2.30. The molecule has 0 fully saturated rings. The van der Waals surface area contributed by atoms with Crippen molar-refractivity contribution in [2.24, 2.45) is 5.41 Å². The normalized spacial score (nSPS) is 13.9. The van der Waals surface area contributed by atoms with Crippen LogP contribution in [0.4, 0.5) is 0 Å². The fourth-order valence-electron chi connectivity index (χ4n) is 1.83. The molecule has 3 heteroatoms. The molecule has 0 aliphatic carbocycles. The standard InChI is InChI=1S/C14H25NOS/c1-12(9-13-5-8-17-10-13)15-7-4-6-14(2,3)11-16/h5,8,10,12,15-16H,4,6-7,9,11H2,1-3H3. The van der Waals surface area contributed by atoms with Gasteiger partial charge >= 0.3 is 0 Å². The summed E-state index contributed by atoms with van der Waals surface area (Å²) in [4.78, 5) is 0. The van der Waals surface area contributed by atoms with E-state index in [1.165, 1.54) is 5.56 Å². The third-order valence-corrected chi connectivity index (χ3v) is 3.81. The van der Waals surface area contributed by atoms with Crippen molar-refractivity contribution in [1.82, 2.24) is 5.32 Å². The smallest absolute Gasteiger partial charge is 0.0482 e. The highest BCUT2D eigenvalue weighted by atomic mass is 32.1. The molecule has 0 aromatic carbocycles. The van der Waals surface area contributed by atoms with Gasteiger partial charge in [-0.1, -0.05) is 13.8 Å². The summed E-state index contributed by atoms with van der Waals surface area (Å²) in [7, 11) is 0. The van der Waals surface area contributed by atoms with E-state index in [4.69, 9.17) is 5.11 Å². The molecule has 1 unspecified atom stereocenters. The van der Waals surface area contributed by atoms with Crippen LogP contribution in [0.2, 0.25) is 0 Å². The van der Waals surface area contributed by atoms with Crippen molar-refractivity contribution in [3.05, 3.63) is 22.4 Å². The van der Waals surface area contributed by atoms with E-state index in [1.54, 1.807) is 11.3 Å². The molecule has 1 rings (SSSR count).